The lowest BCUT2D eigenvalue weighted by atomic mass is 10.2. The van der Waals surface area contributed by atoms with E-state index in [9.17, 15) is 4.79 Å². The first-order valence-corrected chi connectivity index (χ1v) is 6.54. The van der Waals surface area contributed by atoms with Crippen molar-refractivity contribution >= 4 is 40.1 Å². The Kier molecular flexibility index (Phi) is 3.60. The van der Waals surface area contributed by atoms with Crippen molar-refractivity contribution in [1.29, 1.82) is 0 Å². The number of carbonyl (C=O) groups is 1. The molecule has 0 bridgehead atoms. The maximum Gasteiger partial charge on any atom is 0.222 e. The van der Waals surface area contributed by atoms with E-state index in [-0.39, 0.29) is 5.12 Å². The first-order valence-electron chi connectivity index (χ1n) is 4.79. The van der Waals surface area contributed by atoms with Gasteiger partial charge in [-0.05, 0) is 30.9 Å². The van der Waals surface area contributed by atoms with Crippen LogP contribution in [0.3, 0.4) is 0 Å². The Bertz CT molecular complexity index is 368. The molecule has 0 aliphatic heterocycles. The lowest BCUT2D eigenvalue weighted by Crippen LogP contribution is -1.98. The highest BCUT2D eigenvalue weighted by Crippen LogP contribution is 2.35. The summed E-state index contributed by atoms with van der Waals surface area (Å²) < 4.78 is 0. The van der Waals surface area contributed by atoms with Gasteiger partial charge in [0.15, 0.2) is 0 Å². The van der Waals surface area contributed by atoms with Crippen molar-refractivity contribution in [2.45, 2.75) is 12.8 Å². The van der Waals surface area contributed by atoms with Gasteiger partial charge in [-0.25, -0.2) is 0 Å². The zero-order chi connectivity index (χ0) is 10.8. The molecule has 0 amide bonds. The van der Waals surface area contributed by atoms with Gasteiger partial charge < -0.3 is 0 Å². The average molecular weight is 261 g/mol. The van der Waals surface area contributed by atoms with Crippen molar-refractivity contribution in [3.63, 3.8) is 0 Å². The van der Waals surface area contributed by atoms with Gasteiger partial charge in [0.25, 0.3) is 0 Å². The van der Waals surface area contributed by atoms with Crippen LogP contribution in [0.25, 0.3) is 0 Å². The molecule has 4 heteroatoms. The van der Waals surface area contributed by atoms with Crippen molar-refractivity contribution in [2.75, 3.05) is 5.75 Å². The third-order valence-corrected chi connectivity index (χ3v) is 4.05. The molecule has 0 atom stereocenters. The molecule has 1 aliphatic rings. The molecular weight excluding hydrogens is 251 g/mol. The van der Waals surface area contributed by atoms with Crippen LogP contribution in [0.2, 0.25) is 10.0 Å². The van der Waals surface area contributed by atoms with Crippen LogP contribution >= 0.6 is 35.0 Å². The largest absolute Gasteiger partial charge is 0.281 e. The normalized spacial score (nSPS) is 15.3. The Morgan fingerprint density at radius 3 is 2.47 bits per heavy atom. The molecule has 1 aromatic rings. The third kappa shape index (κ3) is 2.90. The molecule has 1 aromatic carbocycles. The Morgan fingerprint density at radius 1 is 1.33 bits per heavy atom. The Hall–Kier alpha value is -0.180. The van der Waals surface area contributed by atoms with E-state index in [0.717, 1.165) is 11.7 Å². The Labute approximate surface area is 103 Å². The second kappa shape index (κ2) is 4.77. The average Bonchev–Trinajstić information content (AvgIpc) is 2.97. The minimum absolute atomic E-state index is 0.0162. The van der Waals surface area contributed by atoms with Gasteiger partial charge >= 0.3 is 0 Å². The van der Waals surface area contributed by atoms with E-state index in [4.69, 9.17) is 23.2 Å². The van der Waals surface area contributed by atoms with E-state index in [1.54, 1.807) is 18.2 Å². The molecule has 2 rings (SSSR count). The van der Waals surface area contributed by atoms with Gasteiger partial charge in [-0.1, -0.05) is 41.0 Å². The standard InChI is InChI=1S/C11H10Cl2OS/c12-8-2-1-3-9(13)10(8)11(14)15-6-7-4-5-7/h1-3,7H,4-6H2. The number of halogens is 2. The van der Waals surface area contributed by atoms with Crippen LogP contribution in [0, 0.1) is 5.92 Å². The molecule has 0 unspecified atom stereocenters. The van der Waals surface area contributed by atoms with Gasteiger partial charge in [-0.2, -0.15) is 0 Å². The molecule has 1 aliphatic carbocycles. The summed E-state index contributed by atoms with van der Waals surface area (Å²) in [6.07, 6.45) is 2.49. The maximum absolute atomic E-state index is 11.8. The fourth-order valence-corrected chi connectivity index (χ4v) is 3.01. The number of thioether (sulfide) groups is 1. The van der Waals surface area contributed by atoms with Gasteiger partial charge in [0.05, 0.1) is 15.6 Å². The number of benzene rings is 1. The molecule has 0 heterocycles. The van der Waals surface area contributed by atoms with Crippen molar-refractivity contribution in [1.82, 2.24) is 0 Å². The predicted octanol–water partition coefficient (Wildman–Crippen LogP) is 4.28. The maximum atomic E-state index is 11.8. The lowest BCUT2D eigenvalue weighted by Gasteiger charge is -2.04. The summed E-state index contributed by atoms with van der Waals surface area (Å²) in [6, 6.07) is 5.13. The van der Waals surface area contributed by atoms with Crippen molar-refractivity contribution < 1.29 is 4.79 Å². The van der Waals surface area contributed by atoms with Gasteiger partial charge in [-0.3, -0.25) is 4.79 Å². The van der Waals surface area contributed by atoms with Gasteiger partial charge in [-0.15, -0.1) is 0 Å². The van der Waals surface area contributed by atoms with Crippen LogP contribution in [0.1, 0.15) is 23.2 Å². The second-order valence-corrected chi connectivity index (χ2v) is 5.45. The summed E-state index contributed by atoms with van der Waals surface area (Å²) in [7, 11) is 0. The van der Waals surface area contributed by atoms with Crippen LogP contribution in [0.15, 0.2) is 18.2 Å². The van der Waals surface area contributed by atoms with Crippen molar-refractivity contribution in [2.24, 2.45) is 5.92 Å². The fraction of sp³-hybridized carbons (Fsp3) is 0.364. The predicted molar refractivity (Wildman–Crippen MR) is 66.0 cm³/mol. The van der Waals surface area contributed by atoms with Gasteiger partial charge in [0.2, 0.25) is 5.12 Å². The molecular formula is C11H10Cl2OS. The zero-order valence-corrected chi connectivity index (χ0v) is 10.3. The second-order valence-electron chi connectivity index (χ2n) is 3.64. The molecule has 15 heavy (non-hydrogen) atoms. The topological polar surface area (TPSA) is 17.1 Å². The van der Waals surface area contributed by atoms with Crippen LogP contribution in [-0.4, -0.2) is 10.9 Å². The van der Waals surface area contributed by atoms with E-state index in [1.165, 1.54) is 24.6 Å². The molecule has 1 nitrogen and oxygen atoms in total. The number of hydrogen-bond acceptors (Lipinski definition) is 2. The van der Waals surface area contributed by atoms with Crippen LogP contribution in [-0.2, 0) is 0 Å². The number of hydrogen-bond donors (Lipinski definition) is 0. The Balaban J connectivity index is 2.09. The van der Waals surface area contributed by atoms with Gasteiger partial charge in [0, 0.05) is 5.75 Å². The van der Waals surface area contributed by atoms with E-state index < -0.39 is 0 Å². The molecule has 0 radical (unpaired) electrons. The molecule has 0 spiro atoms. The number of carbonyl (C=O) groups excluding carboxylic acids is 1. The summed E-state index contributed by atoms with van der Waals surface area (Å²) in [6.45, 7) is 0. The lowest BCUT2D eigenvalue weighted by molar-refractivity contribution is 0.108. The smallest absolute Gasteiger partial charge is 0.222 e. The van der Waals surface area contributed by atoms with Crippen LogP contribution < -0.4 is 0 Å². The zero-order valence-electron chi connectivity index (χ0n) is 8.00. The molecule has 0 N–H and O–H groups in total. The summed E-state index contributed by atoms with van der Waals surface area (Å²) in [5.41, 5.74) is 0.450. The highest BCUT2D eigenvalue weighted by Gasteiger charge is 2.24. The molecule has 80 valence electrons. The van der Waals surface area contributed by atoms with Gasteiger partial charge in [0.1, 0.15) is 0 Å². The quantitative estimate of drug-likeness (QED) is 0.807. The van der Waals surface area contributed by atoms with E-state index in [1.807, 2.05) is 0 Å². The minimum atomic E-state index is -0.0162. The van der Waals surface area contributed by atoms with Crippen molar-refractivity contribution in [3.8, 4) is 0 Å². The first kappa shape index (κ1) is 11.3. The summed E-state index contributed by atoms with van der Waals surface area (Å²) >= 11 is 13.2. The summed E-state index contributed by atoms with van der Waals surface area (Å²) in [5, 5.41) is 0.865. The van der Waals surface area contributed by atoms with E-state index in [2.05, 4.69) is 0 Å². The highest BCUT2D eigenvalue weighted by molar-refractivity contribution is 8.14. The monoisotopic (exact) mass is 260 g/mol. The van der Waals surface area contributed by atoms with E-state index in [0.29, 0.717) is 15.6 Å². The first-order chi connectivity index (χ1) is 7.18. The number of rotatable bonds is 3. The third-order valence-electron chi connectivity index (χ3n) is 2.31. The van der Waals surface area contributed by atoms with Crippen LogP contribution in [0.5, 0.6) is 0 Å². The van der Waals surface area contributed by atoms with Crippen LogP contribution in [0.4, 0.5) is 0 Å². The minimum Gasteiger partial charge on any atom is -0.281 e. The molecule has 0 saturated heterocycles. The summed E-state index contributed by atoms with van der Waals surface area (Å²) in [5.74, 6) is 1.61. The van der Waals surface area contributed by atoms with E-state index >= 15 is 0 Å². The fourth-order valence-electron chi connectivity index (χ4n) is 1.24. The Morgan fingerprint density at radius 2 is 1.93 bits per heavy atom. The SMILES string of the molecule is O=C(SCC1CC1)c1c(Cl)cccc1Cl. The molecule has 0 aromatic heterocycles. The van der Waals surface area contributed by atoms with Crippen molar-refractivity contribution in [3.05, 3.63) is 33.8 Å². The summed E-state index contributed by atoms with van der Waals surface area (Å²) in [4.78, 5) is 11.8. The molecule has 1 saturated carbocycles. The molecule has 1 fully saturated rings. The highest BCUT2D eigenvalue weighted by atomic mass is 35.5.